The Morgan fingerprint density at radius 1 is 1.58 bits per heavy atom. The van der Waals surface area contributed by atoms with Gasteiger partial charge in [0.1, 0.15) is 0 Å². The van der Waals surface area contributed by atoms with E-state index in [0.717, 1.165) is 6.08 Å². The zero-order valence-corrected chi connectivity index (χ0v) is 7.65. The smallest absolute Gasteiger partial charge is 0.256 e. The van der Waals surface area contributed by atoms with Gasteiger partial charge in [0, 0.05) is 0 Å². The zero-order valence-electron chi connectivity index (χ0n) is 6.83. The summed E-state index contributed by atoms with van der Waals surface area (Å²) in [5, 5.41) is 0. The fraction of sp³-hybridized carbons (Fsp3) is 0.571. The van der Waals surface area contributed by atoms with E-state index in [1.165, 1.54) is 0 Å². The summed E-state index contributed by atoms with van der Waals surface area (Å²) in [4.78, 5) is 10.7. The molecule has 0 radical (unpaired) electrons. The Morgan fingerprint density at radius 2 is 2.08 bits per heavy atom. The van der Waals surface area contributed by atoms with Crippen LogP contribution < -0.4 is 4.72 Å². The molecule has 1 aliphatic rings. The molecule has 0 saturated heterocycles. The molecule has 1 amide bonds. The lowest BCUT2D eigenvalue weighted by Crippen LogP contribution is -2.37. The van der Waals surface area contributed by atoms with Crippen molar-refractivity contribution >= 4 is 15.9 Å². The van der Waals surface area contributed by atoms with Crippen molar-refractivity contribution in [2.45, 2.75) is 24.5 Å². The molecule has 1 saturated carbocycles. The third-order valence-corrected chi connectivity index (χ3v) is 4.20. The van der Waals surface area contributed by atoms with Crippen LogP contribution in [-0.4, -0.2) is 19.1 Å². The summed E-state index contributed by atoms with van der Waals surface area (Å²) < 4.78 is 23.8. The molecule has 0 aromatic rings. The van der Waals surface area contributed by atoms with Crippen molar-refractivity contribution < 1.29 is 13.2 Å². The second-order valence-electron chi connectivity index (χ2n) is 3.12. The van der Waals surface area contributed by atoms with E-state index in [-0.39, 0.29) is 0 Å². The van der Waals surface area contributed by atoms with Gasteiger partial charge in [-0.05, 0) is 25.8 Å². The summed E-state index contributed by atoms with van der Waals surface area (Å²) >= 11 is 0. The molecule has 1 N–H and O–H groups in total. The van der Waals surface area contributed by atoms with Crippen molar-refractivity contribution in [2.75, 3.05) is 0 Å². The Balaban J connectivity index is 2.74. The van der Waals surface area contributed by atoms with Crippen LogP contribution >= 0.6 is 0 Å². The topological polar surface area (TPSA) is 63.2 Å². The highest BCUT2D eigenvalue weighted by Gasteiger charge is 2.50. The van der Waals surface area contributed by atoms with Crippen molar-refractivity contribution in [1.29, 1.82) is 0 Å². The highest BCUT2D eigenvalue weighted by atomic mass is 32.2. The van der Waals surface area contributed by atoms with Crippen LogP contribution in [0, 0.1) is 0 Å². The van der Waals surface area contributed by atoms with Crippen LogP contribution in [0.1, 0.15) is 19.8 Å². The van der Waals surface area contributed by atoms with Gasteiger partial charge in [0.2, 0.25) is 10.0 Å². The number of rotatable bonds is 3. The van der Waals surface area contributed by atoms with E-state index in [4.69, 9.17) is 0 Å². The van der Waals surface area contributed by atoms with Crippen LogP contribution in [-0.2, 0) is 14.8 Å². The minimum Gasteiger partial charge on any atom is -0.269 e. The van der Waals surface area contributed by atoms with Gasteiger partial charge in [-0.25, -0.2) is 13.1 Å². The Morgan fingerprint density at radius 3 is 2.42 bits per heavy atom. The number of amides is 1. The molecule has 0 unspecified atom stereocenters. The van der Waals surface area contributed by atoms with Crippen molar-refractivity contribution in [3.63, 3.8) is 0 Å². The molecule has 12 heavy (non-hydrogen) atoms. The van der Waals surface area contributed by atoms with E-state index in [1.807, 2.05) is 4.72 Å². The van der Waals surface area contributed by atoms with Crippen molar-refractivity contribution in [2.24, 2.45) is 0 Å². The first-order chi connectivity index (χ1) is 5.41. The summed E-state index contributed by atoms with van der Waals surface area (Å²) in [7, 11) is -3.47. The molecule has 0 bridgehead atoms. The highest BCUT2D eigenvalue weighted by molar-refractivity contribution is 7.91. The fourth-order valence-electron chi connectivity index (χ4n) is 0.742. The summed E-state index contributed by atoms with van der Waals surface area (Å²) in [5.41, 5.74) is 0. The SMILES string of the molecule is C=CC(=O)NS(=O)(=O)C1(C)CC1. The molecule has 0 atom stereocenters. The largest absolute Gasteiger partial charge is 0.269 e. The van der Waals surface area contributed by atoms with Crippen molar-refractivity contribution in [1.82, 2.24) is 4.72 Å². The number of hydrogen-bond acceptors (Lipinski definition) is 3. The van der Waals surface area contributed by atoms with Crippen LogP contribution in [0.3, 0.4) is 0 Å². The average molecular weight is 189 g/mol. The van der Waals surface area contributed by atoms with Crippen molar-refractivity contribution in [3.8, 4) is 0 Å². The zero-order chi connectivity index (χ0) is 9.41. The van der Waals surface area contributed by atoms with Crippen LogP contribution in [0.4, 0.5) is 0 Å². The van der Waals surface area contributed by atoms with Crippen LogP contribution in [0.25, 0.3) is 0 Å². The Hall–Kier alpha value is -0.840. The van der Waals surface area contributed by atoms with Gasteiger partial charge < -0.3 is 0 Å². The number of carbonyl (C=O) groups excluding carboxylic acids is 1. The third kappa shape index (κ3) is 1.50. The molecular formula is C7H11NO3S. The Labute approximate surface area is 71.7 Å². The lowest BCUT2D eigenvalue weighted by Gasteiger charge is -2.09. The molecule has 0 aromatic heterocycles. The van der Waals surface area contributed by atoms with Gasteiger partial charge in [-0.15, -0.1) is 0 Å². The summed E-state index contributed by atoms with van der Waals surface area (Å²) in [6.07, 6.45) is 2.18. The standard InChI is InChI=1S/C7H11NO3S/c1-3-6(9)8-12(10,11)7(2)4-5-7/h3H,1,4-5H2,2H3,(H,8,9). The van der Waals surface area contributed by atoms with Crippen LogP contribution in [0.15, 0.2) is 12.7 Å². The van der Waals surface area contributed by atoms with Gasteiger partial charge in [0.25, 0.3) is 5.91 Å². The summed E-state index contributed by atoms with van der Waals surface area (Å²) in [6.45, 7) is 4.79. The lowest BCUT2D eigenvalue weighted by molar-refractivity contribution is -0.114. The van der Waals surface area contributed by atoms with E-state index >= 15 is 0 Å². The normalized spacial score (nSPS) is 19.8. The molecule has 1 rings (SSSR count). The van der Waals surface area contributed by atoms with Gasteiger partial charge in [-0.2, -0.15) is 0 Å². The molecule has 0 spiro atoms. The first-order valence-corrected chi connectivity index (χ1v) is 5.08. The first-order valence-electron chi connectivity index (χ1n) is 3.60. The summed E-state index contributed by atoms with van der Waals surface area (Å²) in [5.74, 6) is -0.664. The minimum atomic E-state index is -3.47. The molecule has 0 aliphatic heterocycles. The maximum absolute atomic E-state index is 11.3. The molecular weight excluding hydrogens is 178 g/mol. The fourth-order valence-corrected chi connectivity index (χ4v) is 1.98. The molecule has 1 fully saturated rings. The van der Waals surface area contributed by atoms with E-state index in [2.05, 4.69) is 6.58 Å². The third-order valence-electron chi connectivity index (χ3n) is 2.02. The number of nitrogens with one attached hydrogen (secondary N) is 1. The lowest BCUT2D eigenvalue weighted by atomic mass is 10.5. The predicted molar refractivity (Wildman–Crippen MR) is 44.9 cm³/mol. The van der Waals surface area contributed by atoms with E-state index < -0.39 is 20.7 Å². The maximum Gasteiger partial charge on any atom is 0.256 e. The number of hydrogen-bond donors (Lipinski definition) is 1. The van der Waals surface area contributed by atoms with Gasteiger partial charge >= 0.3 is 0 Å². The number of carbonyl (C=O) groups is 1. The number of sulfonamides is 1. The molecule has 4 nitrogen and oxygen atoms in total. The quantitative estimate of drug-likeness (QED) is 0.644. The monoisotopic (exact) mass is 189 g/mol. The van der Waals surface area contributed by atoms with Crippen LogP contribution in [0.2, 0.25) is 0 Å². The minimum absolute atomic E-state index is 0.618. The maximum atomic E-state index is 11.3. The molecule has 0 aromatic carbocycles. The average Bonchev–Trinajstić information content (AvgIpc) is 2.68. The first kappa shape index (κ1) is 9.25. The van der Waals surface area contributed by atoms with Gasteiger partial charge in [-0.1, -0.05) is 6.58 Å². The summed E-state index contributed by atoms with van der Waals surface area (Å²) in [6, 6.07) is 0. The van der Waals surface area contributed by atoms with Gasteiger partial charge in [0.05, 0.1) is 4.75 Å². The van der Waals surface area contributed by atoms with E-state index in [0.29, 0.717) is 12.8 Å². The second kappa shape index (κ2) is 2.58. The van der Waals surface area contributed by atoms with Crippen molar-refractivity contribution in [3.05, 3.63) is 12.7 Å². The van der Waals surface area contributed by atoms with E-state index in [9.17, 15) is 13.2 Å². The van der Waals surface area contributed by atoms with E-state index in [1.54, 1.807) is 6.92 Å². The highest BCUT2D eigenvalue weighted by Crippen LogP contribution is 2.42. The Kier molecular flexibility index (Phi) is 1.99. The molecule has 1 aliphatic carbocycles. The predicted octanol–water partition coefficient (Wildman–Crippen LogP) is 0.171. The Bertz CT molecular complexity index is 314. The molecule has 0 heterocycles. The second-order valence-corrected chi connectivity index (χ2v) is 5.32. The van der Waals surface area contributed by atoms with Gasteiger partial charge in [-0.3, -0.25) is 4.79 Å². The van der Waals surface area contributed by atoms with Gasteiger partial charge in [0.15, 0.2) is 0 Å². The molecule has 68 valence electrons. The van der Waals surface area contributed by atoms with Crippen LogP contribution in [0.5, 0.6) is 0 Å². The molecule has 5 heteroatoms.